The molecule has 0 saturated heterocycles. The van der Waals surface area contributed by atoms with E-state index in [1.54, 1.807) is 10.5 Å². The van der Waals surface area contributed by atoms with Crippen molar-refractivity contribution in [3.8, 4) is 0 Å². The van der Waals surface area contributed by atoms with Crippen LogP contribution in [0.3, 0.4) is 0 Å². The van der Waals surface area contributed by atoms with Gasteiger partial charge < -0.3 is 9.64 Å². The Balaban J connectivity index is 2.09. The second-order valence-electron chi connectivity index (χ2n) is 6.98. The number of hydrogen-bond donors (Lipinski definition) is 0. The third kappa shape index (κ3) is 3.00. The van der Waals surface area contributed by atoms with Crippen LogP contribution in [0, 0.1) is 11.6 Å². The van der Waals surface area contributed by atoms with Crippen LogP contribution in [0.5, 0.6) is 0 Å². The van der Waals surface area contributed by atoms with Crippen molar-refractivity contribution in [2.75, 3.05) is 18.6 Å². The number of rotatable bonds is 5. The molecule has 150 valence electrons. The van der Waals surface area contributed by atoms with Crippen molar-refractivity contribution in [2.45, 2.75) is 26.4 Å². The lowest BCUT2D eigenvalue weighted by atomic mass is 9.96. The summed E-state index contributed by atoms with van der Waals surface area (Å²) in [5.74, 6) is -0.874. The lowest BCUT2D eigenvalue weighted by molar-refractivity contribution is 0.177. The molecule has 0 amide bonds. The first kappa shape index (κ1) is 19.2. The normalized spacial score (nSPS) is 14.8. The number of anilines is 1. The quantitative estimate of drug-likeness (QED) is 0.642. The third-order valence-corrected chi connectivity index (χ3v) is 5.10. The largest absolute Gasteiger partial charge is 0.377 e. The molecule has 0 atom stereocenters. The molecular formula is C21H21F2N5O. The highest BCUT2D eigenvalue weighted by molar-refractivity contribution is 5.93. The SMILES string of the molecule is C=CC1=C(C(=C)C)CCCN1c1nc2nnc(COC)n2c2ccc(F)c(F)c12. The van der Waals surface area contributed by atoms with Crippen molar-refractivity contribution < 1.29 is 13.5 Å². The van der Waals surface area contributed by atoms with Crippen molar-refractivity contribution in [3.63, 3.8) is 0 Å². The van der Waals surface area contributed by atoms with Crippen molar-refractivity contribution in [1.29, 1.82) is 0 Å². The summed E-state index contributed by atoms with van der Waals surface area (Å²) in [7, 11) is 1.53. The van der Waals surface area contributed by atoms with Gasteiger partial charge in [0.25, 0.3) is 5.78 Å². The molecule has 3 aromatic rings. The minimum Gasteiger partial charge on any atom is -0.377 e. The molecule has 0 unspecified atom stereocenters. The zero-order chi connectivity index (χ0) is 20.7. The van der Waals surface area contributed by atoms with Gasteiger partial charge >= 0.3 is 0 Å². The van der Waals surface area contributed by atoms with E-state index in [1.165, 1.54) is 13.2 Å². The molecule has 3 heterocycles. The van der Waals surface area contributed by atoms with E-state index in [1.807, 2.05) is 11.8 Å². The van der Waals surface area contributed by atoms with Crippen LogP contribution in [0.25, 0.3) is 16.7 Å². The molecule has 1 aliphatic heterocycles. The first-order valence-corrected chi connectivity index (χ1v) is 9.27. The highest BCUT2D eigenvalue weighted by Crippen LogP contribution is 2.36. The standard InChI is InChI=1S/C21H21F2N5O/c1-5-15-13(12(2)3)7-6-10-27(15)20-18-16(9-8-14(22)19(18)23)28-17(11-29-4)25-26-21(28)24-20/h5,8-9H,1-2,6-7,10-11H2,3-4H3. The van der Waals surface area contributed by atoms with Crippen LogP contribution < -0.4 is 4.90 Å². The summed E-state index contributed by atoms with van der Waals surface area (Å²) in [5, 5.41) is 8.29. The number of benzene rings is 1. The second kappa shape index (κ2) is 7.36. The van der Waals surface area contributed by atoms with Gasteiger partial charge in [-0.05, 0) is 43.5 Å². The van der Waals surface area contributed by atoms with Crippen molar-refractivity contribution in [2.24, 2.45) is 0 Å². The zero-order valence-electron chi connectivity index (χ0n) is 16.4. The maximum atomic E-state index is 15.1. The zero-order valence-corrected chi connectivity index (χ0v) is 16.4. The number of hydrogen-bond acceptors (Lipinski definition) is 5. The topological polar surface area (TPSA) is 55.5 Å². The first-order valence-electron chi connectivity index (χ1n) is 9.27. The average Bonchev–Trinajstić information content (AvgIpc) is 3.12. The van der Waals surface area contributed by atoms with E-state index in [0.29, 0.717) is 17.9 Å². The number of fused-ring (bicyclic) bond motifs is 3. The molecule has 29 heavy (non-hydrogen) atoms. The Morgan fingerprint density at radius 1 is 1.31 bits per heavy atom. The van der Waals surface area contributed by atoms with Crippen LogP contribution in [0.1, 0.15) is 25.6 Å². The monoisotopic (exact) mass is 397 g/mol. The molecule has 0 spiro atoms. The number of halogens is 2. The van der Waals surface area contributed by atoms with Gasteiger partial charge in [-0.15, -0.1) is 10.2 Å². The van der Waals surface area contributed by atoms with Gasteiger partial charge in [-0.1, -0.05) is 18.7 Å². The number of methoxy groups -OCH3 is 1. The molecule has 0 saturated carbocycles. The molecule has 0 N–H and O–H groups in total. The van der Waals surface area contributed by atoms with Gasteiger partial charge in [-0.2, -0.15) is 4.98 Å². The molecule has 6 nitrogen and oxygen atoms in total. The number of aromatic nitrogens is 4. The molecule has 1 aromatic carbocycles. The van der Waals surface area contributed by atoms with Crippen LogP contribution in [0.15, 0.2) is 48.2 Å². The Kier molecular flexibility index (Phi) is 4.87. The molecule has 0 fully saturated rings. The van der Waals surface area contributed by atoms with Gasteiger partial charge in [0.05, 0.1) is 10.9 Å². The van der Waals surface area contributed by atoms with Gasteiger partial charge in [-0.3, -0.25) is 4.40 Å². The predicted octanol–water partition coefficient (Wildman–Crippen LogP) is 4.32. The summed E-state index contributed by atoms with van der Waals surface area (Å²) < 4.78 is 36.0. The molecule has 0 aliphatic carbocycles. The fourth-order valence-corrected chi connectivity index (χ4v) is 3.85. The van der Waals surface area contributed by atoms with Gasteiger partial charge in [0, 0.05) is 19.4 Å². The molecule has 8 heteroatoms. The van der Waals surface area contributed by atoms with Crippen LogP contribution in [-0.4, -0.2) is 33.2 Å². The predicted molar refractivity (Wildman–Crippen MR) is 108 cm³/mol. The number of allylic oxidation sites excluding steroid dienone is 3. The molecule has 0 radical (unpaired) electrons. The lowest BCUT2D eigenvalue weighted by Gasteiger charge is -2.32. The number of nitrogens with zero attached hydrogens (tertiary/aromatic N) is 5. The number of ether oxygens (including phenoxy) is 1. The molecule has 2 aromatic heterocycles. The Labute approximate surface area is 166 Å². The van der Waals surface area contributed by atoms with Crippen molar-refractivity contribution in [1.82, 2.24) is 19.6 Å². The molecule has 1 aliphatic rings. The summed E-state index contributed by atoms with van der Waals surface area (Å²) in [4.78, 5) is 6.42. The Bertz CT molecular complexity index is 1180. The molecular weight excluding hydrogens is 376 g/mol. The highest BCUT2D eigenvalue weighted by atomic mass is 19.2. The maximum Gasteiger partial charge on any atom is 0.257 e. The Morgan fingerprint density at radius 2 is 2.10 bits per heavy atom. The minimum absolute atomic E-state index is 0.0666. The van der Waals surface area contributed by atoms with Gasteiger partial charge in [-0.25, -0.2) is 8.78 Å². The minimum atomic E-state index is -0.963. The summed E-state index contributed by atoms with van der Waals surface area (Å²) in [5.41, 5.74) is 3.15. The third-order valence-electron chi connectivity index (χ3n) is 5.10. The Morgan fingerprint density at radius 3 is 2.79 bits per heavy atom. The van der Waals surface area contributed by atoms with Crippen LogP contribution in [-0.2, 0) is 11.3 Å². The van der Waals surface area contributed by atoms with E-state index in [4.69, 9.17) is 4.74 Å². The highest BCUT2D eigenvalue weighted by Gasteiger charge is 2.27. The van der Waals surface area contributed by atoms with Crippen LogP contribution in [0.4, 0.5) is 14.6 Å². The van der Waals surface area contributed by atoms with E-state index in [2.05, 4.69) is 28.3 Å². The molecule has 4 rings (SSSR count). The van der Waals surface area contributed by atoms with E-state index in [9.17, 15) is 4.39 Å². The van der Waals surface area contributed by atoms with Crippen molar-refractivity contribution >= 4 is 22.5 Å². The summed E-state index contributed by atoms with van der Waals surface area (Å²) in [6.07, 6.45) is 3.37. The van der Waals surface area contributed by atoms with E-state index in [-0.39, 0.29) is 23.6 Å². The fourth-order valence-electron chi connectivity index (χ4n) is 3.85. The smallest absolute Gasteiger partial charge is 0.257 e. The second-order valence-corrected chi connectivity index (χ2v) is 6.98. The van der Waals surface area contributed by atoms with Gasteiger partial charge in [0.15, 0.2) is 17.5 Å². The average molecular weight is 397 g/mol. The lowest BCUT2D eigenvalue weighted by Crippen LogP contribution is -2.29. The maximum absolute atomic E-state index is 15.1. The van der Waals surface area contributed by atoms with Gasteiger partial charge in [0.2, 0.25) is 0 Å². The molecule has 0 bridgehead atoms. The summed E-state index contributed by atoms with van der Waals surface area (Å²) >= 11 is 0. The van der Waals surface area contributed by atoms with Crippen LogP contribution >= 0.6 is 0 Å². The van der Waals surface area contributed by atoms with Gasteiger partial charge in [0.1, 0.15) is 12.4 Å². The van der Waals surface area contributed by atoms with Crippen molar-refractivity contribution in [3.05, 3.63) is 65.7 Å². The van der Waals surface area contributed by atoms with E-state index in [0.717, 1.165) is 35.8 Å². The summed E-state index contributed by atoms with van der Waals surface area (Å²) in [6, 6.07) is 2.60. The van der Waals surface area contributed by atoms with E-state index >= 15 is 4.39 Å². The fraction of sp³-hybridized carbons (Fsp3) is 0.286. The first-order chi connectivity index (χ1) is 14.0. The Hall–Kier alpha value is -3.13. The van der Waals surface area contributed by atoms with E-state index < -0.39 is 11.6 Å². The summed E-state index contributed by atoms with van der Waals surface area (Å²) in [6.45, 7) is 10.6. The van der Waals surface area contributed by atoms with Crippen LogP contribution in [0.2, 0.25) is 0 Å².